The summed E-state index contributed by atoms with van der Waals surface area (Å²) in [5.41, 5.74) is 0. The molecule has 0 aliphatic heterocycles. The predicted molar refractivity (Wildman–Crippen MR) is 207 cm³/mol. The van der Waals surface area contributed by atoms with Crippen LogP contribution in [0.4, 0.5) is 0 Å². The number of hydrogen-bond donors (Lipinski definition) is 2. The standard InChI is InChI=1S/C41H77O8P/c1-3-5-7-9-11-13-15-17-19-20-22-23-25-27-29-31-33-35-40(42)47-37-39(38-48-50(44,45)46)49-41(43)36-34-32-30-28-26-24-21-18-16-14-12-10-8-6-4-2/h10,12-13,15,39H,3-9,11,14,16-38H2,1-2H3,(H2,44,45,46)/b12-10+,15-13+/t39-/m1/s1. The molecule has 0 saturated carbocycles. The number of ether oxygens (including phenoxy) is 2. The Morgan fingerprint density at radius 3 is 1.28 bits per heavy atom. The van der Waals surface area contributed by atoms with Crippen LogP contribution in [-0.2, 0) is 28.2 Å². The van der Waals surface area contributed by atoms with Crippen molar-refractivity contribution in [1.82, 2.24) is 0 Å². The lowest BCUT2D eigenvalue weighted by atomic mass is 10.1. The average Bonchev–Trinajstić information content (AvgIpc) is 3.08. The third-order valence-corrected chi connectivity index (χ3v) is 9.43. The number of rotatable bonds is 38. The lowest BCUT2D eigenvalue weighted by molar-refractivity contribution is -0.161. The molecule has 0 aromatic heterocycles. The normalized spacial score (nSPS) is 12.6. The molecule has 0 aromatic carbocycles. The van der Waals surface area contributed by atoms with Crippen molar-refractivity contribution in [3.05, 3.63) is 24.3 Å². The number of unbranched alkanes of at least 4 members (excludes halogenated alkanes) is 24. The molecule has 0 unspecified atom stereocenters. The van der Waals surface area contributed by atoms with Crippen molar-refractivity contribution in [3.63, 3.8) is 0 Å². The van der Waals surface area contributed by atoms with Gasteiger partial charge in [0.1, 0.15) is 6.61 Å². The van der Waals surface area contributed by atoms with E-state index in [0.29, 0.717) is 6.42 Å². The highest BCUT2D eigenvalue weighted by Crippen LogP contribution is 2.36. The highest BCUT2D eigenvalue weighted by atomic mass is 31.2. The molecule has 9 heteroatoms. The van der Waals surface area contributed by atoms with Crippen LogP contribution in [-0.4, -0.2) is 41.0 Å². The lowest BCUT2D eigenvalue weighted by Gasteiger charge is -2.18. The Morgan fingerprint density at radius 1 is 0.500 bits per heavy atom. The molecule has 0 heterocycles. The first-order valence-corrected chi connectivity index (χ1v) is 22.2. The van der Waals surface area contributed by atoms with Gasteiger partial charge >= 0.3 is 19.8 Å². The van der Waals surface area contributed by atoms with Gasteiger partial charge in [0.15, 0.2) is 6.10 Å². The summed E-state index contributed by atoms with van der Waals surface area (Å²) in [4.78, 5) is 42.8. The zero-order valence-corrected chi connectivity index (χ0v) is 33.2. The number of esters is 2. The van der Waals surface area contributed by atoms with Crippen LogP contribution in [0.3, 0.4) is 0 Å². The Kier molecular flexibility index (Phi) is 36.2. The van der Waals surface area contributed by atoms with Crippen LogP contribution in [0.5, 0.6) is 0 Å². The van der Waals surface area contributed by atoms with Crippen LogP contribution in [0.25, 0.3) is 0 Å². The molecule has 294 valence electrons. The molecule has 0 aliphatic rings. The molecule has 0 spiro atoms. The van der Waals surface area contributed by atoms with Gasteiger partial charge < -0.3 is 19.3 Å². The van der Waals surface area contributed by atoms with E-state index in [9.17, 15) is 14.2 Å². The Labute approximate surface area is 307 Å². The summed E-state index contributed by atoms with van der Waals surface area (Å²) in [6.07, 6.45) is 41.8. The van der Waals surface area contributed by atoms with Gasteiger partial charge in [0.25, 0.3) is 0 Å². The summed E-state index contributed by atoms with van der Waals surface area (Å²) >= 11 is 0. The first-order valence-electron chi connectivity index (χ1n) is 20.6. The number of hydrogen-bond acceptors (Lipinski definition) is 6. The van der Waals surface area contributed by atoms with Gasteiger partial charge in [-0.1, -0.05) is 160 Å². The minimum absolute atomic E-state index is 0.211. The van der Waals surface area contributed by atoms with Gasteiger partial charge in [-0.05, 0) is 57.8 Å². The summed E-state index contributed by atoms with van der Waals surface area (Å²) in [7, 11) is -4.75. The van der Waals surface area contributed by atoms with Gasteiger partial charge in [-0.25, -0.2) is 4.57 Å². The van der Waals surface area contributed by atoms with Crippen molar-refractivity contribution in [3.8, 4) is 0 Å². The van der Waals surface area contributed by atoms with E-state index in [-0.39, 0.29) is 19.4 Å². The molecule has 1 atom stereocenters. The number of carbonyl (C=O) groups is 2. The zero-order chi connectivity index (χ0) is 36.8. The van der Waals surface area contributed by atoms with Crippen LogP contribution in [0.2, 0.25) is 0 Å². The van der Waals surface area contributed by atoms with Crippen LogP contribution in [0.15, 0.2) is 24.3 Å². The molecule has 0 aliphatic carbocycles. The van der Waals surface area contributed by atoms with Crippen LogP contribution in [0.1, 0.15) is 206 Å². The Bertz CT molecular complexity index is 869. The average molecular weight is 729 g/mol. The van der Waals surface area contributed by atoms with Gasteiger partial charge in [-0.3, -0.25) is 14.1 Å². The molecule has 0 rings (SSSR count). The second-order valence-corrected chi connectivity index (χ2v) is 15.2. The van der Waals surface area contributed by atoms with E-state index in [1.54, 1.807) is 0 Å². The molecule has 8 nitrogen and oxygen atoms in total. The molecule has 50 heavy (non-hydrogen) atoms. The second kappa shape index (κ2) is 37.3. The molecule has 0 radical (unpaired) electrons. The van der Waals surface area contributed by atoms with E-state index in [4.69, 9.17) is 19.3 Å². The molecule has 0 fully saturated rings. The molecule has 0 aromatic rings. The SMILES string of the molecule is CCCC/C=C/CCCCCCCCCCCC(=O)O[C@H](COC(=O)CCCCCCCCCCC/C=C/CCCCCC)COP(=O)(O)O. The van der Waals surface area contributed by atoms with Gasteiger partial charge in [0, 0.05) is 12.8 Å². The van der Waals surface area contributed by atoms with Crippen molar-refractivity contribution in [2.24, 2.45) is 0 Å². The van der Waals surface area contributed by atoms with Crippen LogP contribution in [0, 0.1) is 0 Å². The first-order chi connectivity index (χ1) is 24.3. The smallest absolute Gasteiger partial charge is 0.462 e. The number of phosphoric ester groups is 1. The summed E-state index contributed by atoms with van der Waals surface area (Å²) in [6.45, 7) is 3.65. The Hall–Kier alpha value is -1.47. The lowest BCUT2D eigenvalue weighted by Crippen LogP contribution is -2.29. The number of carbonyl (C=O) groups excluding carboxylic acids is 2. The van der Waals surface area contributed by atoms with Crippen molar-refractivity contribution in [2.45, 2.75) is 213 Å². The van der Waals surface area contributed by atoms with Gasteiger partial charge in [0.2, 0.25) is 0 Å². The zero-order valence-electron chi connectivity index (χ0n) is 32.3. The van der Waals surface area contributed by atoms with Crippen molar-refractivity contribution < 1.29 is 37.9 Å². The van der Waals surface area contributed by atoms with E-state index >= 15 is 0 Å². The fourth-order valence-corrected chi connectivity index (χ4v) is 6.18. The fraction of sp³-hybridized carbons (Fsp3) is 0.854. The van der Waals surface area contributed by atoms with E-state index in [1.165, 1.54) is 135 Å². The van der Waals surface area contributed by atoms with Crippen molar-refractivity contribution in [1.29, 1.82) is 0 Å². The maximum absolute atomic E-state index is 12.4. The first kappa shape index (κ1) is 48.5. The third kappa shape index (κ3) is 39.3. The molecule has 0 amide bonds. The van der Waals surface area contributed by atoms with E-state index in [2.05, 4.69) is 42.7 Å². The summed E-state index contributed by atoms with van der Waals surface area (Å²) in [5.74, 6) is -0.884. The molecule has 0 bridgehead atoms. The Morgan fingerprint density at radius 2 is 0.860 bits per heavy atom. The highest BCUT2D eigenvalue weighted by molar-refractivity contribution is 7.46. The summed E-state index contributed by atoms with van der Waals surface area (Å²) in [6, 6.07) is 0. The maximum Gasteiger partial charge on any atom is 0.469 e. The summed E-state index contributed by atoms with van der Waals surface area (Å²) in [5, 5.41) is 0. The third-order valence-electron chi connectivity index (χ3n) is 8.94. The molecule has 2 N–H and O–H groups in total. The number of phosphoric acid groups is 1. The minimum Gasteiger partial charge on any atom is -0.462 e. The minimum atomic E-state index is -4.75. The summed E-state index contributed by atoms with van der Waals surface area (Å²) < 4.78 is 26.4. The van der Waals surface area contributed by atoms with Gasteiger partial charge in [-0.15, -0.1) is 0 Å². The Balaban J connectivity index is 3.90. The maximum atomic E-state index is 12.4. The van der Waals surface area contributed by atoms with Gasteiger partial charge in [0.05, 0.1) is 6.61 Å². The molecular weight excluding hydrogens is 651 g/mol. The highest BCUT2D eigenvalue weighted by Gasteiger charge is 2.22. The van der Waals surface area contributed by atoms with Gasteiger partial charge in [-0.2, -0.15) is 0 Å². The topological polar surface area (TPSA) is 119 Å². The predicted octanol–water partition coefficient (Wildman–Crippen LogP) is 12.4. The van der Waals surface area contributed by atoms with Crippen LogP contribution >= 0.6 is 7.82 Å². The largest absolute Gasteiger partial charge is 0.469 e. The second-order valence-electron chi connectivity index (χ2n) is 14.0. The van der Waals surface area contributed by atoms with Crippen molar-refractivity contribution >= 4 is 19.8 Å². The number of allylic oxidation sites excluding steroid dienone is 4. The van der Waals surface area contributed by atoms with E-state index < -0.39 is 32.5 Å². The quantitative estimate of drug-likeness (QED) is 0.0279. The fourth-order valence-electron chi connectivity index (χ4n) is 5.82. The van der Waals surface area contributed by atoms with E-state index in [1.807, 2.05) is 0 Å². The molecular formula is C41H77O8P. The van der Waals surface area contributed by atoms with E-state index in [0.717, 1.165) is 38.5 Å². The molecule has 0 saturated heterocycles. The van der Waals surface area contributed by atoms with Crippen LogP contribution < -0.4 is 0 Å². The monoisotopic (exact) mass is 729 g/mol. The van der Waals surface area contributed by atoms with Crippen molar-refractivity contribution in [2.75, 3.05) is 13.2 Å².